The Morgan fingerprint density at radius 3 is 2.50 bits per heavy atom. The van der Waals surface area contributed by atoms with Crippen LogP contribution in [0.4, 0.5) is 11.4 Å². The van der Waals surface area contributed by atoms with Crippen LogP contribution in [-0.2, 0) is 0 Å². The van der Waals surface area contributed by atoms with Crippen LogP contribution in [-0.4, -0.2) is 11.5 Å². The van der Waals surface area contributed by atoms with Crippen LogP contribution in [0.15, 0.2) is 24.3 Å². The van der Waals surface area contributed by atoms with Gasteiger partial charge in [0.15, 0.2) is 0 Å². The first-order chi connectivity index (χ1) is 6.88. The molecule has 0 amide bonds. The fourth-order valence-electron chi connectivity index (χ4n) is 1.10. The van der Waals surface area contributed by atoms with Crippen LogP contribution in [0.3, 0.4) is 0 Å². The van der Waals surface area contributed by atoms with Crippen molar-refractivity contribution >= 4 is 11.4 Å². The van der Waals surface area contributed by atoms with Crippen LogP contribution in [0.2, 0.25) is 0 Å². The number of non-ortho nitro benzene ring substituents is 1. The van der Waals surface area contributed by atoms with Crippen molar-refractivity contribution in [2.24, 2.45) is 5.41 Å². The molecule has 0 saturated heterocycles. The highest BCUT2D eigenvalue weighted by molar-refractivity contribution is 5.50. The van der Waals surface area contributed by atoms with E-state index in [1.165, 1.54) is 6.07 Å². The highest BCUT2D eigenvalue weighted by Crippen LogP contribution is 2.19. The minimum atomic E-state index is -0.387. The van der Waals surface area contributed by atoms with Gasteiger partial charge in [-0.15, -0.1) is 0 Å². The van der Waals surface area contributed by atoms with E-state index in [0.717, 1.165) is 12.2 Å². The predicted molar refractivity (Wildman–Crippen MR) is 67.8 cm³/mol. The molecule has 0 aliphatic heterocycles. The Morgan fingerprint density at radius 2 is 2.00 bits per heavy atom. The Balaban J connectivity index is 0.00000225. The standard InChI is InChI=1S/C11H16N2O2.CH4/c1-11(2,3)8-12-9-5-4-6-10(7-9)13(14)15;/h4-7,12H,8H2,1-3H3;1H4. The van der Waals surface area contributed by atoms with E-state index in [1.54, 1.807) is 12.1 Å². The zero-order valence-corrected chi connectivity index (χ0v) is 9.28. The molecule has 0 heterocycles. The second-order valence-corrected chi connectivity index (χ2v) is 4.72. The Morgan fingerprint density at radius 1 is 1.38 bits per heavy atom. The molecule has 16 heavy (non-hydrogen) atoms. The van der Waals surface area contributed by atoms with Gasteiger partial charge < -0.3 is 5.32 Å². The normalized spacial score (nSPS) is 10.4. The Hall–Kier alpha value is -1.58. The number of nitro benzene ring substituents is 1. The van der Waals surface area contributed by atoms with Crippen molar-refractivity contribution in [2.45, 2.75) is 28.2 Å². The smallest absolute Gasteiger partial charge is 0.271 e. The summed E-state index contributed by atoms with van der Waals surface area (Å²) in [7, 11) is 0. The molecule has 0 atom stereocenters. The third kappa shape index (κ3) is 4.77. The van der Waals surface area contributed by atoms with E-state index >= 15 is 0 Å². The molecule has 4 nitrogen and oxygen atoms in total. The Bertz CT molecular complexity index is 356. The molecule has 1 N–H and O–H groups in total. The summed E-state index contributed by atoms with van der Waals surface area (Å²) in [6.45, 7) is 7.11. The van der Waals surface area contributed by atoms with E-state index in [-0.39, 0.29) is 23.5 Å². The number of hydrogen-bond donors (Lipinski definition) is 1. The van der Waals surface area contributed by atoms with E-state index < -0.39 is 0 Å². The van der Waals surface area contributed by atoms with Crippen molar-refractivity contribution < 1.29 is 4.92 Å². The van der Waals surface area contributed by atoms with Crippen molar-refractivity contribution in [3.8, 4) is 0 Å². The average Bonchev–Trinajstić information content (AvgIpc) is 2.14. The van der Waals surface area contributed by atoms with Crippen LogP contribution in [0.25, 0.3) is 0 Å². The lowest BCUT2D eigenvalue weighted by molar-refractivity contribution is -0.384. The topological polar surface area (TPSA) is 55.2 Å². The summed E-state index contributed by atoms with van der Waals surface area (Å²) in [5.74, 6) is 0. The van der Waals surface area contributed by atoms with Crippen molar-refractivity contribution in [3.05, 3.63) is 34.4 Å². The zero-order valence-electron chi connectivity index (χ0n) is 9.28. The van der Waals surface area contributed by atoms with Crippen LogP contribution in [0.5, 0.6) is 0 Å². The van der Waals surface area contributed by atoms with Gasteiger partial charge >= 0.3 is 0 Å². The molecule has 0 aliphatic carbocycles. The summed E-state index contributed by atoms with van der Waals surface area (Å²) in [4.78, 5) is 10.1. The maximum absolute atomic E-state index is 10.5. The molecular formula is C12H20N2O2. The van der Waals surface area contributed by atoms with Gasteiger partial charge in [-0.25, -0.2) is 0 Å². The van der Waals surface area contributed by atoms with Gasteiger partial charge in [0.25, 0.3) is 5.69 Å². The number of nitrogens with zero attached hydrogens (tertiary/aromatic N) is 1. The van der Waals surface area contributed by atoms with Gasteiger partial charge in [-0.05, 0) is 11.5 Å². The molecule has 0 spiro atoms. The SMILES string of the molecule is C.CC(C)(C)CNc1cccc([N+](=O)[O-])c1. The van der Waals surface area contributed by atoms with Crippen molar-refractivity contribution in [2.75, 3.05) is 11.9 Å². The van der Waals surface area contributed by atoms with Gasteiger partial charge in [0.2, 0.25) is 0 Å². The van der Waals surface area contributed by atoms with Crippen molar-refractivity contribution in [3.63, 3.8) is 0 Å². The zero-order chi connectivity index (χ0) is 11.5. The predicted octanol–water partition coefficient (Wildman–Crippen LogP) is 3.69. The molecule has 1 aromatic rings. The summed E-state index contributed by atoms with van der Waals surface area (Å²) in [5, 5.41) is 13.7. The Labute approximate surface area is 96.8 Å². The number of hydrogen-bond acceptors (Lipinski definition) is 3. The highest BCUT2D eigenvalue weighted by Gasteiger charge is 2.10. The van der Waals surface area contributed by atoms with Crippen LogP contribution >= 0.6 is 0 Å². The highest BCUT2D eigenvalue weighted by atomic mass is 16.6. The second-order valence-electron chi connectivity index (χ2n) is 4.72. The lowest BCUT2D eigenvalue weighted by Crippen LogP contribution is -2.18. The molecule has 1 rings (SSSR count). The van der Waals surface area contributed by atoms with Gasteiger partial charge in [0.1, 0.15) is 0 Å². The third-order valence-corrected chi connectivity index (χ3v) is 1.88. The first-order valence-electron chi connectivity index (χ1n) is 4.87. The lowest BCUT2D eigenvalue weighted by atomic mass is 9.97. The van der Waals surface area contributed by atoms with Gasteiger partial charge in [0, 0.05) is 24.4 Å². The molecule has 0 bridgehead atoms. The van der Waals surface area contributed by atoms with Crippen molar-refractivity contribution in [1.29, 1.82) is 0 Å². The van der Waals surface area contributed by atoms with Gasteiger partial charge in [-0.2, -0.15) is 0 Å². The third-order valence-electron chi connectivity index (χ3n) is 1.88. The molecule has 1 aromatic carbocycles. The first-order valence-corrected chi connectivity index (χ1v) is 4.87. The van der Waals surface area contributed by atoms with Crippen molar-refractivity contribution in [1.82, 2.24) is 0 Å². The molecule has 0 saturated carbocycles. The van der Waals surface area contributed by atoms with E-state index in [0.29, 0.717) is 0 Å². The van der Waals surface area contributed by atoms with E-state index in [1.807, 2.05) is 6.07 Å². The summed E-state index contributed by atoms with van der Waals surface area (Å²) < 4.78 is 0. The molecule has 90 valence electrons. The summed E-state index contributed by atoms with van der Waals surface area (Å²) in [5.41, 5.74) is 1.07. The average molecular weight is 224 g/mol. The fraction of sp³-hybridized carbons (Fsp3) is 0.500. The minimum absolute atomic E-state index is 0. The van der Waals surface area contributed by atoms with E-state index in [9.17, 15) is 10.1 Å². The van der Waals surface area contributed by atoms with Crippen LogP contribution in [0.1, 0.15) is 28.2 Å². The van der Waals surface area contributed by atoms with Gasteiger partial charge in [-0.1, -0.05) is 34.3 Å². The van der Waals surface area contributed by atoms with E-state index in [4.69, 9.17) is 0 Å². The molecule has 4 heteroatoms. The Kier molecular flexibility index (Phi) is 4.95. The van der Waals surface area contributed by atoms with Gasteiger partial charge in [-0.3, -0.25) is 10.1 Å². The van der Waals surface area contributed by atoms with Crippen LogP contribution < -0.4 is 5.32 Å². The molecule has 0 unspecified atom stereocenters. The number of benzene rings is 1. The second kappa shape index (κ2) is 5.49. The maximum atomic E-state index is 10.5. The first kappa shape index (κ1) is 14.4. The lowest BCUT2D eigenvalue weighted by Gasteiger charge is -2.19. The summed E-state index contributed by atoms with van der Waals surface area (Å²) >= 11 is 0. The number of anilines is 1. The van der Waals surface area contributed by atoms with Crippen LogP contribution in [0, 0.1) is 15.5 Å². The molecule has 0 aliphatic rings. The molecular weight excluding hydrogens is 204 g/mol. The maximum Gasteiger partial charge on any atom is 0.271 e. The minimum Gasteiger partial charge on any atom is -0.384 e. The van der Waals surface area contributed by atoms with E-state index in [2.05, 4.69) is 26.1 Å². The number of nitrogens with one attached hydrogen (secondary N) is 1. The quantitative estimate of drug-likeness (QED) is 0.629. The molecule has 0 fully saturated rings. The number of rotatable bonds is 3. The summed E-state index contributed by atoms with van der Waals surface area (Å²) in [6, 6.07) is 6.55. The largest absolute Gasteiger partial charge is 0.384 e. The molecule has 0 radical (unpaired) electrons. The summed E-state index contributed by atoms with van der Waals surface area (Å²) in [6.07, 6.45) is 0. The number of nitro groups is 1. The van der Waals surface area contributed by atoms with Gasteiger partial charge in [0.05, 0.1) is 4.92 Å². The molecule has 0 aromatic heterocycles. The monoisotopic (exact) mass is 224 g/mol. The fourth-order valence-corrected chi connectivity index (χ4v) is 1.10.